The summed E-state index contributed by atoms with van der Waals surface area (Å²) in [4.78, 5) is 16.2. The number of fused-ring (bicyclic) bond motifs is 1. The minimum absolute atomic E-state index is 0.0210. The average Bonchev–Trinajstić information content (AvgIpc) is 2.59. The Balaban J connectivity index is 1.69. The van der Waals surface area contributed by atoms with Crippen molar-refractivity contribution >= 4 is 11.9 Å². The normalized spacial score (nSPS) is 19.2. The molecular formula is C21H27N3O3. The van der Waals surface area contributed by atoms with Crippen molar-refractivity contribution in [3.05, 3.63) is 59.3 Å². The van der Waals surface area contributed by atoms with E-state index in [-0.39, 0.29) is 12.1 Å². The van der Waals surface area contributed by atoms with Gasteiger partial charge >= 0.3 is 6.09 Å². The molecular weight excluding hydrogens is 342 g/mol. The van der Waals surface area contributed by atoms with E-state index in [0.29, 0.717) is 12.4 Å². The lowest BCUT2D eigenvalue weighted by Crippen LogP contribution is -2.36. The van der Waals surface area contributed by atoms with E-state index in [1.807, 2.05) is 51.1 Å². The Kier molecular flexibility index (Phi) is 5.65. The molecule has 27 heavy (non-hydrogen) atoms. The summed E-state index contributed by atoms with van der Waals surface area (Å²) in [6.45, 7) is 6.04. The molecule has 0 spiro atoms. The van der Waals surface area contributed by atoms with Crippen molar-refractivity contribution in [2.24, 2.45) is 0 Å². The zero-order valence-electron chi connectivity index (χ0n) is 16.1. The van der Waals surface area contributed by atoms with E-state index >= 15 is 0 Å². The van der Waals surface area contributed by atoms with Gasteiger partial charge in [0.25, 0.3) is 0 Å². The van der Waals surface area contributed by atoms with Gasteiger partial charge in [-0.25, -0.2) is 9.78 Å². The summed E-state index contributed by atoms with van der Waals surface area (Å²) in [7, 11) is 0. The number of nitrogens with zero attached hydrogens (tertiary/aromatic N) is 1. The molecule has 1 aromatic heterocycles. The van der Waals surface area contributed by atoms with Gasteiger partial charge in [0.2, 0.25) is 0 Å². The highest BCUT2D eigenvalue weighted by Crippen LogP contribution is 2.38. The van der Waals surface area contributed by atoms with Gasteiger partial charge in [0.05, 0.1) is 18.8 Å². The number of amides is 1. The second kappa shape index (κ2) is 7.96. The van der Waals surface area contributed by atoms with Gasteiger partial charge in [-0.3, -0.25) is 0 Å². The van der Waals surface area contributed by atoms with Crippen LogP contribution in [-0.4, -0.2) is 16.7 Å². The Labute approximate surface area is 160 Å². The van der Waals surface area contributed by atoms with Gasteiger partial charge in [-0.05, 0) is 62.4 Å². The molecule has 0 saturated heterocycles. The quantitative estimate of drug-likeness (QED) is 0.840. The number of hydrogen-bond acceptors (Lipinski definition) is 5. The Morgan fingerprint density at radius 2 is 1.96 bits per heavy atom. The lowest BCUT2D eigenvalue weighted by Gasteiger charge is -2.32. The molecule has 1 aliphatic carbocycles. The molecule has 144 valence electrons. The van der Waals surface area contributed by atoms with Crippen LogP contribution in [0.15, 0.2) is 42.6 Å². The summed E-state index contributed by atoms with van der Waals surface area (Å²) in [6, 6.07) is 11.7. The topological polar surface area (TPSA) is 86.5 Å². The first kappa shape index (κ1) is 19.2. The van der Waals surface area contributed by atoms with Crippen molar-refractivity contribution < 1.29 is 14.3 Å². The summed E-state index contributed by atoms with van der Waals surface area (Å²) >= 11 is 0. The zero-order valence-corrected chi connectivity index (χ0v) is 16.1. The van der Waals surface area contributed by atoms with Gasteiger partial charge < -0.3 is 20.5 Å². The van der Waals surface area contributed by atoms with Gasteiger partial charge in [0.1, 0.15) is 11.4 Å². The van der Waals surface area contributed by atoms with Crippen LogP contribution in [0.1, 0.15) is 62.4 Å². The second-order valence-corrected chi connectivity index (χ2v) is 7.79. The number of nitrogens with one attached hydrogen (secondary N) is 1. The zero-order chi connectivity index (χ0) is 19.4. The molecule has 3 rings (SSSR count). The molecule has 0 saturated carbocycles. The van der Waals surface area contributed by atoms with E-state index in [0.717, 1.165) is 29.5 Å². The highest BCUT2D eigenvalue weighted by Gasteiger charge is 2.29. The molecule has 1 aromatic carbocycles. The van der Waals surface area contributed by atoms with E-state index in [2.05, 4.69) is 16.4 Å². The first-order chi connectivity index (χ1) is 12.8. The number of hydrogen-bond donors (Lipinski definition) is 2. The fraction of sp³-hybridized carbons (Fsp3) is 0.429. The van der Waals surface area contributed by atoms with Crippen molar-refractivity contribution in [3.8, 4) is 0 Å². The predicted molar refractivity (Wildman–Crippen MR) is 104 cm³/mol. The van der Waals surface area contributed by atoms with Crippen LogP contribution >= 0.6 is 0 Å². The Morgan fingerprint density at radius 1 is 1.22 bits per heavy atom. The number of aromatic nitrogens is 1. The van der Waals surface area contributed by atoms with Crippen LogP contribution in [0.5, 0.6) is 0 Å². The number of carbonyl (C=O) groups is 1. The van der Waals surface area contributed by atoms with Crippen molar-refractivity contribution in [1.82, 2.24) is 10.3 Å². The lowest BCUT2D eigenvalue weighted by atomic mass is 9.85. The Hall–Kier alpha value is -2.60. The van der Waals surface area contributed by atoms with Crippen LogP contribution in [0.2, 0.25) is 0 Å². The molecule has 1 aliphatic rings. The van der Waals surface area contributed by atoms with Crippen LogP contribution in [0.25, 0.3) is 0 Å². The summed E-state index contributed by atoms with van der Waals surface area (Å²) in [5.74, 6) is 0.488. The SMILES string of the molecule is CC(C)(C)OC(=O)N[C@H]1CC[C@H](OCc2ccnc(N)c2)c2ccccc21. The van der Waals surface area contributed by atoms with Gasteiger partial charge in [-0.1, -0.05) is 24.3 Å². The van der Waals surface area contributed by atoms with Crippen LogP contribution in [0.4, 0.5) is 10.6 Å². The molecule has 2 aromatic rings. The van der Waals surface area contributed by atoms with Gasteiger partial charge in [0.15, 0.2) is 0 Å². The van der Waals surface area contributed by atoms with E-state index in [1.54, 1.807) is 6.20 Å². The third-order valence-corrected chi connectivity index (χ3v) is 4.42. The number of benzene rings is 1. The first-order valence-corrected chi connectivity index (χ1v) is 9.22. The Bertz CT molecular complexity index is 801. The molecule has 2 atom stereocenters. The number of nitrogens with two attached hydrogens (primary N) is 1. The summed E-state index contributed by atoms with van der Waals surface area (Å²) < 4.78 is 11.6. The fourth-order valence-electron chi connectivity index (χ4n) is 3.30. The number of alkyl carbamates (subject to hydrolysis) is 1. The fourth-order valence-corrected chi connectivity index (χ4v) is 3.30. The van der Waals surface area contributed by atoms with Gasteiger partial charge in [0, 0.05) is 6.20 Å². The largest absolute Gasteiger partial charge is 0.444 e. The number of pyridine rings is 1. The molecule has 1 heterocycles. The number of anilines is 1. The van der Waals surface area contributed by atoms with E-state index in [4.69, 9.17) is 15.2 Å². The summed E-state index contributed by atoms with van der Waals surface area (Å²) in [5.41, 5.74) is 8.39. The smallest absolute Gasteiger partial charge is 0.408 e. The van der Waals surface area contributed by atoms with E-state index < -0.39 is 11.7 Å². The van der Waals surface area contributed by atoms with Crippen LogP contribution in [0.3, 0.4) is 0 Å². The van der Waals surface area contributed by atoms with Crippen molar-refractivity contribution in [2.45, 2.75) is 58.0 Å². The van der Waals surface area contributed by atoms with Crippen molar-refractivity contribution in [3.63, 3.8) is 0 Å². The van der Waals surface area contributed by atoms with Crippen LogP contribution < -0.4 is 11.1 Å². The van der Waals surface area contributed by atoms with Crippen LogP contribution in [0, 0.1) is 0 Å². The minimum atomic E-state index is -0.518. The summed E-state index contributed by atoms with van der Waals surface area (Å²) in [6.07, 6.45) is 2.88. The van der Waals surface area contributed by atoms with E-state index in [9.17, 15) is 4.79 Å². The molecule has 0 bridgehead atoms. The minimum Gasteiger partial charge on any atom is -0.444 e. The predicted octanol–water partition coefficient (Wildman–Crippen LogP) is 4.28. The molecule has 0 unspecified atom stereocenters. The molecule has 0 aliphatic heterocycles. The maximum atomic E-state index is 12.2. The van der Waals surface area contributed by atoms with Gasteiger partial charge in [-0.2, -0.15) is 0 Å². The lowest BCUT2D eigenvalue weighted by molar-refractivity contribution is 0.0216. The van der Waals surface area contributed by atoms with Gasteiger partial charge in [-0.15, -0.1) is 0 Å². The molecule has 1 amide bonds. The number of ether oxygens (including phenoxy) is 2. The molecule has 6 nitrogen and oxygen atoms in total. The number of nitrogen functional groups attached to an aromatic ring is 1. The molecule has 6 heteroatoms. The van der Waals surface area contributed by atoms with Crippen molar-refractivity contribution in [1.29, 1.82) is 0 Å². The maximum absolute atomic E-state index is 12.2. The van der Waals surface area contributed by atoms with Crippen molar-refractivity contribution in [2.75, 3.05) is 5.73 Å². The molecule has 3 N–H and O–H groups in total. The highest BCUT2D eigenvalue weighted by atomic mass is 16.6. The van der Waals surface area contributed by atoms with Crippen LogP contribution in [-0.2, 0) is 16.1 Å². The monoisotopic (exact) mass is 369 g/mol. The highest BCUT2D eigenvalue weighted by molar-refractivity contribution is 5.68. The standard InChI is InChI=1S/C21H27N3O3/c1-21(2,3)27-20(25)24-17-8-9-18(16-7-5-4-6-15(16)17)26-13-14-10-11-23-19(22)12-14/h4-7,10-12,17-18H,8-9,13H2,1-3H3,(H2,22,23)(H,24,25)/t17-,18-/m0/s1. The van der Waals surface area contributed by atoms with E-state index in [1.165, 1.54) is 0 Å². The molecule has 0 radical (unpaired) electrons. The second-order valence-electron chi connectivity index (χ2n) is 7.79. The summed E-state index contributed by atoms with van der Waals surface area (Å²) in [5, 5.41) is 2.99. The first-order valence-electron chi connectivity index (χ1n) is 9.22. The third-order valence-electron chi connectivity index (χ3n) is 4.42. The Morgan fingerprint density at radius 3 is 2.67 bits per heavy atom. The average molecular weight is 369 g/mol. The number of carbonyl (C=O) groups excluding carboxylic acids is 1. The molecule has 0 fully saturated rings. The third kappa shape index (κ3) is 5.20. The maximum Gasteiger partial charge on any atom is 0.408 e. The number of rotatable bonds is 4.